The maximum Gasteiger partial charge on any atom is 0.119 e. The number of hydrogen-bond acceptors (Lipinski definition) is 5. The van der Waals surface area contributed by atoms with Crippen molar-refractivity contribution in [1.82, 2.24) is 0 Å². The van der Waals surface area contributed by atoms with Crippen LogP contribution in [0.4, 0.5) is 0 Å². The molecule has 1 aliphatic rings. The van der Waals surface area contributed by atoms with Gasteiger partial charge in [-0.25, -0.2) is 0 Å². The Kier molecular flexibility index (Phi) is 8.63. The van der Waals surface area contributed by atoms with Crippen LogP contribution >= 0.6 is 11.8 Å². The predicted octanol–water partition coefficient (Wildman–Crippen LogP) is 4.71. The molecule has 4 N–H and O–H groups in total. The van der Waals surface area contributed by atoms with Crippen molar-refractivity contribution in [1.29, 1.82) is 0 Å². The lowest BCUT2D eigenvalue weighted by atomic mass is 9.92. The van der Waals surface area contributed by atoms with Crippen LogP contribution in [-0.4, -0.2) is 35.6 Å². The molecule has 4 nitrogen and oxygen atoms in total. The monoisotopic (exact) mass is 429 g/mol. The number of aliphatic hydroxyl groups is 2. The van der Waals surface area contributed by atoms with Gasteiger partial charge in [-0.3, -0.25) is 0 Å². The van der Waals surface area contributed by atoms with Gasteiger partial charge in [0.05, 0.1) is 25.4 Å². The van der Waals surface area contributed by atoms with Crippen molar-refractivity contribution in [3.05, 3.63) is 53.1 Å². The van der Waals surface area contributed by atoms with Crippen molar-refractivity contribution in [2.45, 2.75) is 73.6 Å². The highest BCUT2D eigenvalue weighted by molar-refractivity contribution is 7.99. The summed E-state index contributed by atoms with van der Waals surface area (Å²) in [5, 5.41) is 18.8. The average Bonchev–Trinajstić information content (AvgIpc) is 2.78. The second-order valence-corrected chi connectivity index (χ2v) is 9.52. The summed E-state index contributed by atoms with van der Waals surface area (Å²) in [7, 11) is 0. The molecule has 0 bridgehead atoms. The zero-order valence-corrected chi connectivity index (χ0v) is 18.8. The van der Waals surface area contributed by atoms with Crippen LogP contribution in [0, 0.1) is 0 Å². The maximum absolute atomic E-state index is 9.41. The summed E-state index contributed by atoms with van der Waals surface area (Å²) in [6, 6.07) is 13.0. The van der Waals surface area contributed by atoms with Crippen LogP contribution in [0.1, 0.15) is 62.1 Å². The zero-order valence-electron chi connectivity index (χ0n) is 18.0. The summed E-state index contributed by atoms with van der Waals surface area (Å²) in [6.45, 7) is 2.60. The number of unbranched alkanes of at least 4 members (excludes halogenated alkanes) is 4. The summed E-state index contributed by atoms with van der Waals surface area (Å²) in [5.41, 5.74) is 8.92. The number of nitrogens with two attached hydrogens (primary N) is 1. The topological polar surface area (TPSA) is 75.7 Å². The highest BCUT2D eigenvalue weighted by Gasteiger charge is 2.23. The van der Waals surface area contributed by atoms with E-state index in [-0.39, 0.29) is 13.2 Å². The van der Waals surface area contributed by atoms with Crippen LogP contribution in [0.2, 0.25) is 0 Å². The van der Waals surface area contributed by atoms with Crippen molar-refractivity contribution in [2.24, 2.45) is 5.73 Å². The van der Waals surface area contributed by atoms with Gasteiger partial charge in [0, 0.05) is 9.79 Å². The number of fused-ring (bicyclic) bond motifs is 2. The maximum atomic E-state index is 9.41. The van der Waals surface area contributed by atoms with Gasteiger partial charge in [0.1, 0.15) is 5.75 Å². The van der Waals surface area contributed by atoms with Crippen LogP contribution in [0.3, 0.4) is 0 Å². The van der Waals surface area contributed by atoms with Gasteiger partial charge in [-0.2, -0.15) is 0 Å². The van der Waals surface area contributed by atoms with E-state index in [1.165, 1.54) is 52.2 Å². The smallest absolute Gasteiger partial charge is 0.119 e. The van der Waals surface area contributed by atoms with E-state index in [0.717, 1.165) is 31.6 Å². The zero-order chi connectivity index (χ0) is 21.4. The first-order chi connectivity index (χ1) is 14.6. The third-order valence-corrected chi connectivity index (χ3v) is 7.05. The molecule has 5 heteroatoms. The van der Waals surface area contributed by atoms with E-state index in [1.807, 2.05) is 11.8 Å². The predicted molar refractivity (Wildman–Crippen MR) is 123 cm³/mol. The van der Waals surface area contributed by atoms with E-state index >= 15 is 0 Å². The van der Waals surface area contributed by atoms with E-state index in [4.69, 9.17) is 10.5 Å². The number of hydrogen-bond donors (Lipinski definition) is 3. The van der Waals surface area contributed by atoms with Gasteiger partial charge in [-0.05, 0) is 66.6 Å². The minimum Gasteiger partial charge on any atom is -0.494 e. The van der Waals surface area contributed by atoms with E-state index in [9.17, 15) is 10.2 Å². The highest BCUT2D eigenvalue weighted by atomic mass is 32.2. The van der Waals surface area contributed by atoms with Crippen molar-refractivity contribution < 1.29 is 14.9 Å². The number of benzene rings is 2. The fourth-order valence-electron chi connectivity index (χ4n) is 3.73. The fraction of sp³-hybridized carbons (Fsp3) is 0.520. The second-order valence-electron chi connectivity index (χ2n) is 8.43. The lowest BCUT2D eigenvalue weighted by Gasteiger charge is -2.25. The quantitative estimate of drug-likeness (QED) is 0.364. The Bertz CT molecular complexity index is 820. The molecule has 0 aliphatic carbocycles. The minimum atomic E-state index is -0.917. The normalized spacial score (nSPS) is 13.1. The summed E-state index contributed by atoms with van der Waals surface area (Å²) in [4.78, 5) is 2.59. The highest BCUT2D eigenvalue weighted by Crippen LogP contribution is 2.41. The van der Waals surface area contributed by atoms with E-state index in [1.54, 1.807) is 0 Å². The number of aliphatic hydroxyl groups excluding tert-OH is 2. The van der Waals surface area contributed by atoms with Crippen LogP contribution in [0.5, 0.6) is 5.75 Å². The van der Waals surface area contributed by atoms with Gasteiger partial charge < -0.3 is 20.7 Å². The Morgan fingerprint density at radius 2 is 1.67 bits per heavy atom. The molecule has 30 heavy (non-hydrogen) atoms. The molecule has 0 saturated heterocycles. The number of rotatable bonds is 12. The van der Waals surface area contributed by atoms with Crippen LogP contribution in [0.15, 0.2) is 46.2 Å². The van der Waals surface area contributed by atoms with Gasteiger partial charge >= 0.3 is 0 Å². The molecule has 3 rings (SSSR count). The average molecular weight is 430 g/mol. The lowest BCUT2D eigenvalue weighted by Crippen LogP contribution is -2.47. The first-order valence-electron chi connectivity index (χ1n) is 11.1. The molecular weight excluding hydrogens is 394 g/mol. The molecule has 0 amide bonds. The molecule has 0 radical (unpaired) electrons. The molecule has 0 saturated carbocycles. The van der Waals surface area contributed by atoms with Crippen molar-refractivity contribution >= 4 is 11.8 Å². The van der Waals surface area contributed by atoms with E-state index in [0.29, 0.717) is 6.42 Å². The summed E-state index contributed by atoms with van der Waals surface area (Å²) in [5.74, 6) is 0.961. The Hall–Kier alpha value is -1.53. The second kappa shape index (κ2) is 11.2. The molecule has 1 aliphatic heterocycles. The first kappa shape index (κ1) is 23.1. The third kappa shape index (κ3) is 6.24. The van der Waals surface area contributed by atoms with Crippen LogP contribution in [0.25, 0.3) is 0 Å². The number of ether oxygens (including phenoxy) is 1. The Morgan fingerprint density at radius 1 is 0.967 bits per heavy atom. The third-order valence-electron chi connectivity index (χ3n) is 5.82. The van der Waals surface area contributed by atoms with Crippen LogP contribution < -0.4 is 10.5 Å². The van der Waals surface area contributed by atoms with Gasteiger partial charge in [0.2, 0.25) is 0 Å². The van der Waals surface area contributed by atoms with Gasteiger partial charge in [-0.15, -0.1) is 0 Å². The van der Waals surface area contributed by atoms with Gasteiger partial charge in [0.25, 0.3) is 0 Å². The summed E-state index contributed by atoms with van der Waals surface area (Å²) >= 11 is 1.81. The van der Waals surface area contributed by atoms with Crippen LogP contribution in [-0.2, 0) is 12.8 Å². The first-order valence-corrected chi connectivity index (χ1v) is 11.9. The fourth-order valence-corrected chi connectivity index (χ4v) is 4.76. The molecule has 0 spiro atoms. The molecular formula is C25H35NO3S. The van der Waals surface area contributed by atoms with Gasteiger partial charge in [-0.1, -0.05) is 56.5 Å². The van der Waals surface area contributed by atoms with E-state index in [2.05, 4.69) is 43.3 Å². The Labute approximate surface area is 184 Å². The SMILES string of the molecule is CCCCCCCOc1ccc2c(c1)Cc1cc(CCC(N)(CO)CO)ccc1S2. The molecule has 2 aromatic rings. The standard InChI is InChI=1S/C25H35NO3S/c1-2-3-4-5-6-13-29-22-8-10-24-21(16-22)15-20-14-19(7-9-23(20)30-24)11-12-25(26,17-27)18-28/h7-10,14,16,27-28H,2-6,11-13,15,17-18,26H2,1H3. The Morgan fingerprint density at radius 3 is 2.40 bits per heavy atom. The molecule has 0 fully saturated rings. The molecule has 0 unspecified atom stereocenters. The molecule has 0 atom stereocenters. The summed E-state index contributed by atoms with van der Waals surface area (Å²) < 4.78 is 5.99. The lowest BCUT2D eigenvalue weighted by molar-refractivity contribution is 0.115. The molecule has 0 aromatic heterocycles. The summed E-state index contributed by atoms with van der Waals surface area (Å²) in [6.07, 6.45) is 8.41. The number of aryl methyl sites for hydroxylation is 1. The molecule has 1 heterocycles. The Balaban J connectivity index is 1.59. The van der Waals surface area contributed by atoms with Crippen molar-refractivity contribution in [2.75, 3.05) is 19.8 Å². The van der Waals surface area contributed by atoms with Crippen molar-refractivity contribution in [3.63, 3.8) is 0 Å². The van der Waals surface area contributed by atoms with E-state index < -0.39 is 5.54 Å². The van der Waals surface area contributed by atoms with Gasteiger partial charge in [0.15, 0.2) is 0 Å². The molecule has 164 valence electrons. The largest absolute Gasteiger partial charge is 0.494 e. The van der Waals surface area contributed by atoms with Crippen molar-refractivity contribution in [3.8, 4) is 5.75 Å². The minimum absolute atomic E-state index is 0.209. The molecule has 2 aromatic carbocycles.